The fourth-order valence-electron chi connectivity index (χ4n) is 4.55. The second-order valence-electron chi connectivity index (χ2n) is 8.74. The van der Waals surface area contributed by atoms with Crippen molar-refractivity contribution in [3.8, 4) is 6.07 Å². The first-order chi connectivity index (χ1) is 18.5. The lowest BCUT2D eigenvalue weighted by Crippen LogP contribution is -2.51. The van der Waals surface area contributed by atoms with E-state index in [1.807, 2.05) is 11.0 Å². The zero-order valence-electron chi connectivity index (χ0n) is 20.3. The van der Waals surface area contributed by atoms with Gasteiger partial charge in [0.25, 0.3) is 11.7 Å². The van der Waals surface area contributed by atoms with Crippen LogP contribution in [0.1, 0.15) is 40.0 Å². The van der Waals surface area contributed by atoms with E-state index in [2.05, 4.69) is 25.9 Å². The molecule has 5 rings (SSSR count). The van der Waals surface area contributed by atoms with Gasteiger partial charge in [0.05, 0.1) is 34.3 Å². The number of anilines is 2. The summed E-state index contributed by atoms with van der Waals surface area (Å²) in [5, 5.41) is 10.2. The minimum atomic E-state index is -0.824. The summed E-state index contributed by atoms with van der Waals surface area (Å²) in [6.45, 7) is 1.19. The zero-order valence-corrected chi connectivity index (χ0v) is 20.3. The number of hydrogen-bond donors (Lipinski definition) is 3. The number of halogens is 1. The lowest BCUT2D eigenvalue weighted by Gasteiger charge is -2.35. The quantitative estimate of drug-likeness (QED) is 0.229. The van der Waals surface area contributed by atoms with Crippen molar-refractivity contribution in [2.45, 2.75) is 19.3 Å². The van der Waals surface area contributed by atoms with Gasteiger partial charge in [0, 0.05) is 63.8 Å². The van der Waals surface area contributed by atoms with Gasteiger partial charge in [-0.3, -0.25) is 14.4 Å². The molecule has 0 atom stereocenters. The lowest BCUT2D eigenvalue weighted by molar-refractivity contribution is -0.126. The zero-order chi connectivity index (χ0) is 26.6. The molecule has 0 radical (unpaired) electrons. The Balaban J connectivity index is 1.29. The molecular formula is C25H24FN9O3. The summed E-state index contributed by atoms with van der Waals surface area (Å²) in [6.07, 6.45) is 8.21. The van der Waals surface area contributed by atoms with Crippen LogP contribution in [0, 0.1) is 17.1 Å². The molecule has 3 N–H and O–H groups in total. The third kappa shape index (κ3) is 4.64. The number of rotatable bonds is 8. The number of pyridine rings is 2. The third-order valence-corrected chi connectivity index (χ3v) is 6.45. The molecule has 1 saturated heterocycles. The number of fused-ring (bicyclic) bond motifs is 1. The molecule has 12 nitrogen and oxygen atoms in total. The van der Waals surface area contributed by atoms with Crippen LogP contribution in [0.5, 0.6) is 0 Å². The molecule has 1 amide bonds. The summed E-state index contributed by atoms with van der Waals surface area (Å²) >= 11 is 0. The molecule has 0 bridgehead atoms. The van der Waals surface area contributed by atoms with Gasteiger partial charge in [0.1, 0.15) is 5.82 Å². The van der Waals surface area contributed by atoms with E-state index in [0.29, 0.717) is 43.1 Å². The number of aromatic nitrogens is 3. The maximum absolute atomic E-state index is 14.8. The number of nitrogens with zero attached hydrogens (tertiary/aromatic N) is 6. The molecular weight excluding hydrogens is 493 g/mol. The van der Waals surface area contributed by atoms with Crippen LogP contribution in [-0.2, 0) is 4.79 Å². The van der Waals surface area contributed by atoms with Gasteiger partial charge in [-0.25, -0.2) is 19.4 Å². The molecule has 0 aliphatic carbocycles. The maximum Gasteiger partial charge on any atom is 0.295 e. The predicted molar refractivity (Wildman–Crippen MR) is 135 cm³/mol. The molecule has 0 spiro atoms. The van der Waals surface area contributed by atoms with E-state index >= 15 is 0 Å². The summed E-state index contributed by atoms with van der Waals surface area (Å²) in [6, 6.07) is 5.43. The van der Waals surface area contributed by atoms with Gasteiger partial charge in [-0.2, -0.15) is 5.26 Å². The Bertz CT molecular complexity index is 1470. The monoisotopic (exact) mass is 517 g/mol. The molecule has 5 heterocycles. The van der Waals surface area contributed by atoms with E-state index in [1.54, 1.807) is 30.7 Å². The summed E-state index contributed by atoms with van der Waals surface area (Å²) in [7, 11) is 0. The highest BCUT2D eigenvalue weighted by atomic mass is 19.1. The van der Waals surface area contributed by atoms with E-state index in [4.69, 9.17) is 5.26 Å². The molecule has 2 aliphatic rings. The highest BCUT2D eigenvalue weighted by molar-refractivity contribution is 6.45. The summed E-state index contributed by atoms with van der Waals surface area (Å²) in [5.41, 5.74) is 6.23. The second-order valence-corrected chi connectivity index (χ2v) is 8.74. The number of amides is 1. The van der Waals surface area contributed by atoms with Gasteiger partial charge in [-0.1, -0.05) is 0 Å². The summed E-state index contributed by atoms with van der Waals surface area (Å²) in [4.78, 5) is 53.6. The average molecular weight is 518 g/mol. The largest absolute Gasteiger partial charge is 0.357 e. The fraction of sp³-hybridized carbons (Fsp3) is 0.280. The number of nitrogens with one attached hydrogen (secondary N) is 3. The molecule has 0 saturated carbocycles. The molecule has 194 valence electrons. The van der Waals surface area contributed by atoms with Crippen molar-refractivity contribution in [1.29, 1.82) is 5.26 Å². The molecule has 3 aromatic rings. The highest BCUT2D eigenvalue weighted by Gasteiger charge is 2.31. The van der Waals surface area contributed by atoms with Gasteiger partial charge >= 0.3 is 0 Å². The first kappa shape index (κ1) is 24.8. The van der Waals surface area contributed by atoms with Gasteiger partial charge in [0.2, 0.25) is 0 Å². The molecule has 0 unspecified atom stereocenters. The molecule has 0 aromatic carbocycles. The van der Waals surface area contributed by atoms with Gasteiger partial charge in [-0.05, 0) is 18.6 Å². The third-order valence-electron chi connectivity index (χ3n) is 6.45. The standard InChI is InChI=1S/C25H24FN9O3/c26-18-15-30-24(35-9-8-31-32-35)21-20(18)17(14-29-21)22(37)25(38)34-12-10-33(11-13-34)23-16(4-3-7-28-23)19(36)5-1-2-6-27/h3-4,7-9,14-15,29,31-32H,1-2,5,10-13H2. The molecule has 2 aliphatic heterocycles. The Kier molecular flexibility index (Phi) is 6.96. The Morgan fingerprint density at radius 2 is 1.92 bits per heavy atom. The van der Waals surface area contributed by atoms with E-state index in [0.717, 1.165) is 6.20 Å². The Morgan fingerprint density at radius 1 is 1.11 bits per heavy atom. The van der Waals surface area contributed by atoms with Crippen LogP contribution in [-0.4, -0.2) is 63.5 Å². The van der Waals surface area contributed by atoms with E-state index in [-0.39, 0.29) is 41.8 Å². The number of carbonyl (C=O) groups is 3. The SMILES string of the molecule is N#CCCCC(=O)c1cccnc1N1CCN(C(=O)C(=O)c2c[nH]c3c(N4C=CNN4)ncc(F)c23)CC1. The van der Waals surface area contributed by atoms with Crippen molar-refractivity contribution >= 4 is 40.0 Å². The van der Waals surface area contributed by atoms with Crippen LogP contribution in [0.25, 0.3) is 10.9 Å². The fourth-order valence-corrected chi connectivity index (χ4v) is 4.55. The number of nitriles is 1. The second kappa shape index (κ2) is 10.7. The van der Waals surface area contributed by atoms with Crippen LogP contribution >= 0.6 is 0 Å². The number of carbonyl (C=O) groups excluding carboxylic acids is 3. The van der Waals surface area contributed by atoms with Crippen LogP contribution in [0.15, 0.2) is 43.1 Å². The minimum absolute atomic E-state index is 0.0119. The number of piperazine rings is 1. The van der Waals surface area contributed by atoms with Crippen LogP contribution in [0.4, 0.5) is 16.0 Å². The van der Waals surface area contributed by atoms with Crippen LogP contribution in [0.3, 0.4) is 0 Å². The first-order valence-electron chi connectivity index (χ1n) is 12.1. The first-order valence-corrected chi connectivity index (χ1v) is 12.1. The molecule has 3 aromatic heterocycles. The molecule has 13 heteroatoms. The number of aromatic amines is 1. The smallest absolute Gasteiger partial charge is 0.295 e. The summed E-state index contributed by atoms with van der Waals surface area (Å²) in [5.74, 6) is -1.53. The van der Waals surface area contributed by atoms with Crippen molar-refractivity contribution < 1.29 is 18.8 Å². The number of H-pyrrole nitrogens is 1. The Labute approximate surface area is 216 Å². The van der Waals surface area contributed by atoms with Crippen molar-refractivity contribution in [3.05, 3.63) is 60.1 Å². The molecule has 38 heavy (non-hydrogen) atoms. The highest BCUT2D eigenvalue weighted by Crippen LogP contribution is 2.29. The number of Topliss-reactive ketones (excluding diaryl/α,β-unsaturated/α-hetero) is 2. The van der Waals surface area contributed by atoms with Gasteiger partial charge < -0.3 is 20.2 Å². The number of unbranched alkanes of at least 4 members (excludes halogenated alkanes) is 1. The topological polar surface area (TPSA) is 150 Å². The van der Waals surface area contributed by atoms with Crippen molar-refractivity contribution in [2.75, 3.05) is 36.1 Å². The number of hydrazine groups is 2. The Hall–Kier alpha value is -4.83. The van der Waals surface area contributed by atoms with Gasteiger partial charge in [0.15, 0.2) is 17.4 Å². The molecule has 1 fully saturated rings. The van der Waals surface area contributed by atoms with Gasteiger partial charge in [-0.15, -0.1) is 5.53 Å². The van der Waals surface area contributed by atoms with Crippen molar-refractivity contribution in [1.82, 2.24) is 30.8 Å². The van der Waals surface area contributed by atoms with Crippen molar-refractivity contribution in [3.63, 3.8) is 0 Å². The number of hydrogen-bond acceptors (Lipinski definition) is 10. The average Bonchev–Trinajstić information content (AvgIpc) is 3.64. The normalized spacial score (nSPS) is 15.0. The van der Waals surface area contributed by atoms with E-state index in [1.165, 1.54) is 16.1 Å². The summed E-state index contributed by atoms with van der Waals surface area (Å²) < 4.78 is 14.8. The maximum atomic E-state index is 14.8. The minimum Gasteiger partial charge on any atom is -0.357 e. The van der Waals surface area contributed by atoms with Crippen LogP contribution < -0.4 is 20.9 Å². The lowest BCUT2D eigenvalue weighted by atomic mass is 10.1. The predicted octanol–water partition coefficient (Wildman–Crippen LogP) is 1.81. The van der Waals surface area contributed by atoms with Crippen molar-refractivity contribution in [2.24, 2.45) is 0 Å². The van der Waals surface area contributed by atoms with E-state index in [9.17, 15) is 18.8 Å². The van der Waals surface area contributed by atoms with Crippen LogP contribution in [0.2, 0.25) is 0 Å². The number of ketones is 2. The Morgan fingerprint density at radius 3 is 2.66 bits per heavy atom. The van der Waals surface area contributed by atoms with E-state index < -0.39 is 17.5 Å².